The number of aromatic nitrogens is 1. The highest BCUT2D eigenvalue weighted by Gasteiger charge is 2.23. The van der Waals surface area contributed by atoms with Crippen molar-refractivity contribution < 1.29 is 4.79 Å². The van der Waals surface area contributed by atoms with Crippen LogP contribution in [0.4, 0.5) is 0 Å². The van der Waals surface area contributed by atoms with E-state index in [0.717, 1.165) is 30.6 Å². The van der Waals surface area contributed by atoms with Crippen LogP contribution < -0.4 is 5.56 Å². The molecule has 4 nitrogen and oxygen atoms in total. The molecule has 0 unspecified atom stereocenters. The standard InChI is InChI=1S/C18H16N2O2S/c21-17(19-11-5-6-12-19)13-7-1-3-9-15(13)20-18(22)14-8-2-4-10-16(14)23-20/h1-4,7-10H,5-6,11-12H2. The number of benzene rings is 2. The van der Waals surface area contributed by atoms with Gasteiger partial charge in [-0.1, -0.05) is 35.8 Å². The molecule has 0 radical (unpaired) electrons. The van der Waals surface area contributed by atoms with Gasteiger partial charge in [0.15, 0.2) is 0 Å². The number of rotatable bonds is 2. The summed E-state index contributed by atoms with van der Waals surface area (Å²) in [5.41, 5.74) is 1.21. The van der Waals surface area contributed by atoms with Crippen LogP contribution in [0.1, 0.15) is 23.2 Å². The van der Waals surface area contributed by atoms with E-state index in [1.165, 1.54) is 11.5 Å². The van der Waals surface area contributed by atoms with E-state index in [9.17, 15) is 9.59 Å². The molecule has 0 atom stereocenters. The van der Waals surface area contributed by atoms with Crippen LogP contribution in [0.15, 0.2) is 53.3 Å². The summed E-state index contributed by atoms with van der Waals surface area (Å²) < 4.78 is 2.56. The maximum atomic E-state index is 12.8. The minimum Gasteiger partial charge on any atom is -0.339 e. The first-order valence-corrected chi connectivity index (χ1v) is 8.53. The Morgan fingerprint density at radius 1 is 0.957 bits per heavy atom. The third kappa shape index (κ3) is 2.37. The molecule has 0 spiro atoms. The van der Waals surface area contributed by atoms with Crippen molar-refractivity contribution in [2.24, 2.45) is 0 Å². The van der Waals surface area contributed by atoms with E-state index in [-0.39, 0.29) is 11.5 Å². The van der Waals surface area contributed by atoms with Gasteiger partial charge in [-0.2, -0.15) is 0 Å². The van der Waals surface area contributed by atoms with Crippen LogP contribution in [-0.4, -0.2) is 27.9 Å². The van der Waals surface area contributed by atoms with Crippen molar-refractivity contribution in [1.82, 2.24) is 8.86 Å². The maximum absolute atomic E-state index is 12.8. The average Bonchev–Trinajstić information content (AvgIpc) is 3.23. The van der Waals surface area contributed by atoms with Crippen molar-refractivity contribution in [3.63, 3.8) is 0 Å². The molecule has 1 aliphatic rings. The Hall–Kier alpha value is -2.40. The fourth-order valence-electron chi connectivity index (χ4n) is 3.05. The third-order valence-electron chi connectivity index (χ3n) is 4.24. The molecule has 0 N–H and O–H groups in total. The number of nitrogens with zero attached hydrogens (tertiary/aromatic N) is 2. The maximum Gasteiger partial charge on any atom is 0.273 e. The fraction of sp³-hybridized carbons (Fsp3) is 0.222. The first-order valence-electron chi connectivity index (χ1n) is 7.75. The van der Waals surface area contributed by atoms with Gasteiger partial charge in [0.2, 0.25) is 0 Å². The van der Waals surface area contributed by atoms with Crippen molar-refractivity contribution >= 4 is 27.5 Å². The number of likely N-dealkylation sites (tertiary alicyclic amines) is 1. The lowest BCUT2D eigenvalue weighted by Gasteiger charge is -2.17. The summed E-state index contributed by atoms with van der Waals surface area (Å²) >= 11 is 1.38. The zero-order chi connectivity index (χ0) is 15.8. The molecule has 1 aromatic heterocycles. The lowest BCUT2D eigenvalue weighted by Crippen LogP contribution is -2.29. The van der Waals surface area contributed by atoms with Crippen molar-refractivity contribution in [1.29, 1.82) is 0 Å². The molecule has 3 aromatic rings. The molecule has 2 aromatic carbocycles. The lowest BCUT2D eigenvalue weighted by atomic mass is 10.1. The zero-order valence-electron chi connectivity index (χ0n) is 12.6. The average molecular weight is 324 g/mol. The molecule has 23 heavy (non-hydrogen) atoms. The van der Waals surface area contributed by atoms with Crippen LogP contribution in [0.25, 0.3) is 15.8 Å². The third-order valence-corrected chi connectivity index (χ3v) is 5.34. The van der Waals surface area contributed by atoms with Crippen LogP contribution in [0.3, 0.4) is 0 Å². The second-order valence-corrected chi connectivity index (χ2v) is 6.69. The first-order chi connectivity index (χ1) is 11.3. The molecule has 0 bridgehead atoms. The minimum absolute atomic E-state index is 0.0162. The number of amides is 1. The predicted molar refractivity (Wildman–Crippen MR) is 92.6 cm³/mol. The normalized spacial score (nSPS) is 14.5. The van der Waals surface area contributed by atoms with E-state index in [1.54, 1.807) is 3.96 Å². The summed E-state index contributed by atoms with van der Waals surface area (Å²) in [6, 6.07) is 14.9. The molecule has 5 heteroatoms. The van der Waals surface area contributed by atoms with Gasteiger partial charge in [0.05, 0.1) is 21.3 Å². The van der Waals surface area contributed by atoms with E-state index in [2.05, 4.69) is 0 Å². The van der Waals surface area contributed by atoms with Crippen LogP contribution in [0.5, 0.6) is 0 Å². The predicted octanol–water partition coefficient (Wildman–Crippen LogP) is 3.29. The van der Waals surface area contributed by atoms with Crippen molar-refractivity contribution in [2.75, 3.05) is 13.1 Å². The van der Waals surface area contributed by atoms with Gasteiger partial charge >= 0.3 is 0 Å². The molecule has 4 rings (SSSR count). The number of fused-ring (bicyclic) bond motifs is 1. The molecule has 1 saturated heterocycles. The van der Waals surface area contributed by atoms with E-state index < -0.39 is 0 Å². The number of hydrogen-bond acceptors (Lipinski definition) is 3. The van der Waals surface area contributed by atoms with Crippen molar-refractivity contribution in [3.8, 4) is 5.69 Å². The first kappa shape index (κ1) is 14.2. The van der Waals surface area contributed by atoms with Crippen LogP contribution in [-0.2, 0) is 0 Å². The zero-order valence-corrected chi connectivity index (χ0v) is 13.4. The largest absolute Gasteiger partial charge is 0.339 e. The molecule has 1 aliphatic heterocycles. The van der Waals surface area contributed by atoms with Gasteiger partial charge in [0.25, 0.3) is 11.5 Å². The van der Waals surface area contributed by atoms with Crippen LogP contribution in [0, 0.1) is 0 Å². The van der Waals surface area contributed by atoms with Gasteiger partial charge in [-0.3, -0.25) is 9.59 Å². The van der Waals surface area contributed by atoms with Gasteiger partial charge in [-0.15, -0.1) is 0 Å². The highest BCUT2D eigenvalue weighted by molar-refractivity contribution is 7.14. The molecular weight excluding hydrogens is 308 g/mol. The quantitative estimate of drug-likeness (QED) is 0.726. The summed E-state index contributed by atoms with van der Waals surface area (Å²) in [5.74, 6) is 0.0162. The molecule has 0 aliphatic carbocycles. The second kappa shape index (κ2) is 5.66. The molecule has 1 amide bonds. The van der Waals surface area contributed by atoms with Crippen LogP contribution in [0.2, 0.25) is 0 Å². The Morgan fingerprint density at radius 3 is 2.43 bits per heavy atom. The SMILES string of the molecule is O=C(c1ccccc1-n1sc2ccccc2c1=O)N1CCCC1. The van der Waals surface area contributed by atoms with Gasteiger partial charge in [-0.05, 0) is 37.1 Å². The summed E-state index contributed by atoms with van der Waals surface area (Å²) in [7, 11) is 0. The van der Waals surface area contributed by atoms with Gasteiger partial charge in [0.1, 0.15) is 0 Å². The number of carbonyl (C=O) groups is 1. The number of hydrogen-bond donors (Lipinski definition) is 0. The molecule has 0 saturated carbocycles. The van der Waals surface area contributed by atoms with Gasteiger partial charge < -0.3 is 4.90 Å². The highest BCUT2D eigenvalue weighted by atomic mass is 32.1. The van der Waals surface area contributed by atoms with E-state index in [1.807, 2.05) is 53.4 Å². The Morgan fingerprint density at radius 2 is 1.65 bits per heavy atom. The van der Waals surface area contributed by atoms with Gasteiger partial charge in [-0.25, -0.2) is 3.96 Å². The Balaban J connectivity index is 1.87. The summed E-state index contributed by atoms with van der Waals surface area (Å²) in [5, 5.41) is 0.695. The van der Waals surface area contributed by atoms with Crippen molar-refractivity contribution in [3.05, 3.63) is 64.4 Å². The van der Waals surface area contributed by atoms with E-state index >= 15 is 0 Å². The van der Waals surface area contributed by atoms with E-state index in [4.69, 9.17) is 0 Å². The molecule has 2 heterocycles. The molecule has 116 valence electrons. The minimum atomic E-state index is -0.0627. The number of carbonyl (C=O) groups excluding carboxylic acids is 1. The second-order valence-electron chi connectivity index (χ2n) is 5.70. The molecular formula is C18H16N2O2S. The summed E-state index contributed by atoms with van der Waals surface area (Å²) in [6.07, 6.45) is 2.10. The number of para-hydroxylation sites is 1. The highest BCUT2D eigenvalue weighted by Crippen LogP contribution is 2.24. The topological polar surface area (TPSA) is 42.3 Å². The summed E-state index contributed by atoms with van der Waals surface area (Å²) in [6.45, 7) is 1.60. The molecule has 1 fully saturated rings. The van der Waals surface area contributed by atoms with Crippen LogP contribution >= 0.6 is 11.5 Å². The Kier molecular flexibility index (Phi) is 3.50. The lowest BCUT2D eigenvalue weighted by molar-refractivity contribution is 0.0793. The summed E-state index contributed by atoms with van der Waals surface area (Å²) in [4.78, 5) is 27.3. The van der Waals surface area contributed by atoms with Crippen molar-refractivity contribution in [2.45, 2.75) is 12.8 Å². The smallest absolute Gasteiger partial charge is 0.273 e. The Bertz CT molecular complexity index is 935. The van der Waals surface area contributed by atoms with Gasteiger partial charge in [0, 0.05) is 13.1 Å². The Labute approximate surface area is 137 Å². The fourth-order valence-corrected chi connectivity index (χ4v) is 4.08. The van der Waals surface area contributed by atoms with E-state index in [0.29, 0.717) is 16.6 Å². The monoisotopic (exact) mass is 324 g/mol.